The number of benzene rings is 1. The van der Waals surface area contributed by atoms with Gasteiger partial charge in [0, 0.05) is 31.9 Å². The van der Waals surface area contributed by atoms with Crippen molar-refractivity contribution in [3.8, 4) is 0 Å². The molecule has 0 fully saturated rings. The summed E-state index contributed by atoms with van der Waals surface area (Å²) >= 11 is 5.91. The molecule has 0 aliphatic rings. The molecule has 0 saturated carbocycles. The third-order valence-electron chi connectivity index (χ3n) is 3.17. The van der Waals surface area contributed by atoms with Crippen LogP contribution in [-0.2, 0) is 13.1 Å². The van der Waals surface area contributed by atoms with Crippen molar-refractivity contribution in [3.63, 3.8) is 0 Å². The highest BCUT2D eigenvalue weighted by atomic mass is 127. The molecule has 0 spiro atoms. The molecule has 5 nitrogen and oxygen atoms in total. The Hall–Kier alpha value is -1.41. The van der Waals surface area contributed by atoms with Crippen LogP contribution in [0.1, 0.15) is 17.1 Å². The van der Waals surface area contributed by atoms with E-state index in [1.54, 1.807) is 13.2 Å². The predicted octanol–water partition coefficient (Wildman–Crippen LogP) is 3.26. The molecule has 124 valence electrons. The summed E-state index contributed by atoms with van der Waals surface area (Å²) in [6, 6.07) is 9.71. The minimum absolute atomic E-state index is 0. The SMILES string of the molecule is CN=C(NCc1ccnc(C)n1)N(C)Cc1ccc(Cl)cc1.I. The second-order valence-electron chi connectivity index (χ2n) is 4.98. The molecule has 23 heavy (non-hydrogen) atoms. The fourth-order valence-electron chi connectivity index (χ4n) is 2.10. The summed E-state index contributed by atoms with van der Waals surface area (Å²) in [6.07, 6.45) is 1.76. The Kier molecular flexibility index (Phi) is 8.25. The molecule has 7 heteroatoms. The highest BCUT2D eigenvalue weighted by Gasteiger charge is 2.07. The molecular formula is C16H21ClIN5. The van der Waals surface area contributed by atoms with E-state index in [1.165, 1.54) is 5.56 Å². The first-order valence-corrected chi connectivity index (χ1v) is 7.41. The number of aliphatic imine (C=N–C) groups is 1. The third kappa shape index (κ3) is 6.31. The molecule has 0 aliphatic heterocycles. The largest absolute Gasteiger partial charge is 0.351 e. The summed E-state index contributed by atoms with van der Waals surface area (Å²) < 4.78 is 0. The van der Waals surface area contributed by atoms with Crippen molar-refractivity contribution >= 4 is 41.5 Å². The van der Waals surface area contributed by atoms with Gasteiger partial charge in [-0.15, -0.1) is 24.0 Å². The standard InChI is InChI=1S/C16H20ClN5.HI/c1-12-19-9-8-15(21-12)10-20-16(18-2)22(3)11-13-4-6-14(17)7-5-13;/h4-9H,10-11H2,1-3H3,(H,18,20);1H. The highest BCUT2D eigenvalue weighted by Crippen LogP contribution is 2.11. The van der Waals surface area contributed by atoms with Crippen LogP contribution in [0.5, 0.6) is 0 Å². The Morgan fingerprint density at radius 2 is 1.96 bits per heavy atom. The number of hydrogen-bond acceptors (Lipinski definition) is 3. The highest BCUT2D eigenvalue weighted by molar-refractivity contribution is 14.0. The normalized spacial score (nSPS) is 10.9. The number of halogens is 2. The lowest BCUT2D eigenvalue weighted by molar-refractivity contribution is 0.476. The van der Waals surface area contributed by atoms with Crippen LogP contribution in [0, 0.1) is 6.92 Å². The fourth-order valence-corrected chi connectivity index (χ4v) is 2.22. The smallest absolute Gasteiger partial charge is 0.194 e. The second kappa shape index (κ2) is 9.67. The Morgan fingerprint density at radius 1 is 1.26 bits per heavy atom. The van der Waals surface area contributed by atoms with Gasteiger partial charge in [0.05, 0.1) is 12.2 Å². The zero-order chi connectivity index (χ0) is 15.9. The molecule has 0 unspecified atom stereocenters. The number of hydrogen-bond donors (Lipinski definition) is 1. The van der Waals surface area contributed by atoms with Crippen LogP contribution in [-0.4, -0.2) is 34.9 Å². The molecule has 0 atom stereocenters. The average molecular weight is 446 g/mol. The molecule has 0 saturated heterocycles. The van der Waals surface area contributed by atoms with Crippen LogP contribution in [0.2, 0.25) is 5.02 Å². The minimum atomic E-state index is 0. The maximum absolute atomic E-state index is 5.91. The first-order valence-electron chi connectivity index (χ1n) is 7.03. The molecule has 0 amide bonds. The van der Waals surface area contributed by atoms with Crippen molar-refractivity contribution in [1.82, 2.24) is 20.2 Å². The fraction of sp³-hybridized carbons (Fsp3) is 0.312. The Morgan fingerprint density at radius 3 is 2.57 bits per heavy atom. The second-order valence-corrected chi connectivity index (χ2v) is 5.41. The van der Waals surface area contributed by atoms with Crippen molar-refractivity contribution in [1.29, 1.82) is 0 Å². The number of aryl methyl sites for hydroxylation is 1. The molecule has 0 bridgehead atoms. The molecule has 2 aromatic rings. The van der Waals surface area contributed by atoms with E-state index in [2.05, 4.69) is 25.2 Å². The maximum Gasteiger partial charge on any atom is 0.194 e. The van der Waals surface area contributed by atoms with E-state index in [0.717, 1.165) is 29.0 Å². The van der Waals surface area contributed by atoms with Gasteiger partial charge in [-0.3, -0.25) is 4.99 Å². The molecule has 1 aromatic heterocycles. The van der Waals surface area contributed by atoms with Crippen molar-refractivity contribution in [2.45, 2.75) is 20.0 Å². The zero-order valence-electron chi connectivity index (χ0n) is 13.5. The van der Waals surface area contributed by atoms with Gasteiger partial charge in [0.15, 0.2) is 5.96 Å². The summed E-state index contributed by atoms with van der Waals surface area (Å²) in [5, 5.41) is 4.05. The monoisotopic (exact) mass is 445 g/mol. The Labute approximate surface area is 159 Å². The molecule has 1 N–H and O–H groups in total. The Bertz CT molecular complexity index is 645. The molecule has 1 aromatic carbocycles. The maximum atomic E-state index is 5.91. The van der Waals surface area contributed by atoms with Crippen molar-refractivity contribution in [2.24, 2.45) is 4.99 Å². The molecule has 1 heterocycles. The number of aromatic nitrogens is 2. The van der Waals surface area contributed by atoms with Gasteiger partial charge in [-0.2, -0.15) is 0 Å². The van der Waals surface area contributed by atoms with Crippen molar-refractivity contribution in [2.75, 3.05) is 14.1 Å². The zero-order valence-corrected chi connectivity index (χ0v) is 16.5. The summed E-state index contributed by atoms with van der Waals surface area (Å²) in [7, 11) is 3.76. The van der Waals surface area contributed by atoms with E-state index in [1.807, 2.05) is 44.3 Å². The van der Waals surface area contributed by atoms with E-state index in [4.69, 9.17) is 11.6 Å². The number of guanidine groups is 1. The van der Waals surface area contributed by atoms with Crippen LogP contribution in [0.4, 0.5) is 0 Å². The molecular weight excluding hydrogens is 425 g/mol. The van der Waals surface area contributed by atoms with Gasteiger partial charge in [0.25, 0.3) is 0 Å². The molecule has 2 rings (SSSR count). The van der Waals surface area contributed by atoms with E-state index >= 15 is 0 Å². The van der Waals surface area contributed by atoms with Gasteiger partial charge in [0.2, 0.25) is 0 Å². The molecule has 0 aliphatic carbocycles. The van der Waals surface area contributed by atoms with Crippen LogP contribution >= 0.6 is 35.6 Å². The van der Waals surface area contributed by atoms with E-state index in [0.29, 0.717) is 6.54 Å². The lowest BCUT2D eigenvalue weighted by Crippen LogP contribution is -2.38. The first-order chi connectivity index (χ1) is 10.6. The van der Waals surface area contributed by atoms with Crippen molar-refractivity contribution < 1.29 is 0 Å². The first kappa shape index (κ1) is 19.6. The van der Waals surface area contributed by atoms with E-state index in [-0.39, 0.29) is 24.0 Å². The van der Waals surface area contributed by atoms with E-state index in [9.17, 15) is 0 Å². The Balaban J connectivity index is 0.00000264. The van der Waals surface area contributed by atoms with Crippen LogP contribution < -0.4 is 5.32 Å². The summed E-state index contributed by atoms with van der Waals surface area (Å²) in [5.74, 6) is 1.58. The number of rotatable bonds is 4. The lowest BCUT2D eigenvalue weighted by atomic mass is 10.2. The topological polar surface area (TPSA) is 53.4 Å². The third-order valence-corrected chi connectivity index (χ3v) is 3.42. The van der Waals surface area contributed by atoms with E-state index < -0.39 is 0 Å². The van der Waals surface area contributed by atoms with Crippen LogP contribution in [0.25, 0.3) is 0 Å². The van der Waals surface area contributed by atoms with Crippen molar-refractivity contribution in [3.05, 3.63) is 58.6 Å². The lowest BCUT2D eigenvalue weighted by Gasteiger charge is -2.22. The van der Waals surface area contributed by atoms with Crippen LogP contribution in [0.3, 0.4) is 0 Å². The number of nitrogens with one attached hydrogen (secondary N) is 1. The van der Waals surface area contributed by atoms with Gasteiger partial charge in [0.1, 0.15) is 5.82 Å². The predicted molar refractivity (Wildman–Crippen MR) is 105 cm³/mol. The summed E-state index contributed by atoms with van der Waals surface area (Å²) in [5.41, 5.74) is 2.11. The van der Waals surface area contributed by atoms with Gasteiger partial charge in [-0.05, 0) is 30.7 Å². The van der Waals surface area contributed by atoms with Gasteiger partial charge in [-0.1, -0.05) is 23.7 Å². The average Bonchev–Trinajstić information content (AvgIpc) is 2.50. The summed E-state index contributed by atoms with van der Waals surface area (Å²) in [6.45, 7) is 3.24. The quantitative estimate of drug-likeness (QED) is 0.446. The van der Waals surface area contributed by atoms with Gasteiger partial charge < -0.3 is 10.2 Å². The minimum Gasteiger partial charge on any atom is -0.351 e. The van der Waals surface area contributed by atoms with Crippen LogP contribution in [0.15, 0.2) is 41.5 Å². The summed E-state index contributed by atoms with van der Waals surface area (Å²) in [4.78, 5) is 14.8. The molecule has 0 radical (unpaired) electrons. The number of nitrogens with zero attached hydrogens (tertiary/aromatic N) is 4. The van der Waals surface area contributed by atoms with Gasteiger partial charge >= 0.3 is 0 Å². The van der Waals surface area contributed by atoms with Gasteiger partial charge in [-0.25, -0.2) is 9.97 Å².